The van der Waals surface area contributed by atoms with Gasteiger partial charge in [-0.15, -0.1) is 0 Å². The third-order valence-electron chi connectivity index (χ3n) is 4.58. The maximum absolute atomic E-state index is 10.2. The van der Waals surface area contributed by atoms with Crippen LogP contribution in [0.1, 0.15) is 11.1 Å². The fourth-order valence-electron chi connectivity index (χ4n) is 3.15. The summed E-state index contributed by atoms with van der Waals surface area (Å²) >= 11 is 0. The lowest BCUT2D eigenvalue weighted by Gasteiger charge is -2.42. The summed E-state index contributed by atoms with van der Waals surface area (Å²) in [6.45, 7) is 0.965. The summed E-state index contributed by atoms with van der Waals surface area (Å²) in [5.74, 6) is 0. The molecule has 1 aliphatic rings. The van der Waals surface area contributed by atoms with Gasteiger partial charge in [-0.05, 0) is 11.1 Å². The van der Waals surface area contributed by atoms with Gasteiger partial charge in [0.15, 0.2) is 6.29 Å². The number of aliphatic hydroxyl groups excluding tert-OH is 2. The van der Waals surface area contributed by atoms with E-state index in [1.54, 1.807) is 0 Å². The lowest BCUT2D eigenvalue weighted by atomic mass is 9.98. The lowest BCUT2D eigenvalue weighted by Crippen LogP contribution is -2.60. The Morgan fingerprint density at radius 2 is 1.44 bits per heavy atom. The summed E-state index contributed by atoms with van der Waals surface area (Å²) in [5.41, 5.74) is 2.04. The number of rotatable bonds is 8. The highest BCUT2D eigenvalue weighted by atomic mass is 16.7. The molecule has 2 aromatic rings. The van der Waals surface area contributed by atoms with Gasteiger partial charge in [0.25, 0.3) is 0 Å². The van der Waals surface area contributed by atoms with E-state index >= 15 is 0 Å². The topological polar surface area (TPSA) is 77.4 Å². The molecule has 0 aromatic heterocycles. The van der Waals surface area contributed by atoms with Crippen LogP contribution in [0.25, 0.3) is 0 Å². The number of ether oxygens (including phenoxy) is 4. The monoisotopic (exact) mass is 374 g/mol. The Labute approximate surface area is 159 Å². The summed E-state index contributed by atoms with van der Waals surface area (Å²) in [4.78, 5) is 0. The van der Waals surface area contributed by atoms with E-state index in [0.717, 1.165) is 11.1 Å². The van der Waals surface area contributed by atoms with Crippen molar-refractivity contribution in [2.75, 3.05) is 13.7 Å². The molecule has 6 heteroatoms. The van der Waals surface area contributed by atoms with E-state index in [1.165, 1.54) is 7.11 Å². The molecule has 0 amide bonds. The van der Waals surface area contributed by atoms with Crippen LogP contribution in [0, 0.1) is 0 Å². The van der Waals surface area contributed by atoms with Crippen LogP contribution in [0.15, 0.2) is 60.7 Å². The van der Waals surface area contributed by atoms with Crippen LogP contribution in [-0.2, 0) is 32.2 Å². The van der Waals surface area contributed by atoms with Crippen molar-refractivity contribution in [1.29, 1.82) is 0 Å². The fourth-order valence-corrected chi connectivity index (χ4v) is 3.15. The van der Waals surface area contributed by atoms with Gasteiger partial charge < -0.3 is 29.2 Å². The van der Waals surface area contributed by atoms with E-state index in [2.05, 4.69) is 0 Å². The van der Waals surface area contributed by atoms with Crippen molar-refractivity contribution in [3.8, 4) is 0 Å². The molecule has 0 spiro atoms. The molecule has 27 heavy (non-hydrogen) atoms. The molecule has 0 saturated carbocycles. The van der Waals surface area contributed by atoms with E-state index < -0.39 is 30.7 Å². The first-order valence-electron chi connectivity index (χ1n) is 9.00. The number of benzene rings is 2. The zero-order valence-corrected chi connectivity index (χ0v) is 15.3. The molecular weight excluding hydrogens is 348 g/mol. The van der Waals surface area contributed by atoms with Crippen molar-refractivity contribution < 1.29 is 29.2 Å². The number of hydrogen-bond acceptors (Lipinski definition) is 6. The third kappa shape index (κ3) is 5.35. The summed E-state index contributed by atoms with van der Waals surface area (Å²) in [6, 6.07) is 19.5. The normalized spacial score (nSPS) is 28.2. The molecule has 1 heterocycles. The van der Waals surface area contributed by atoms with Crippen LogP contribution in [0.3, 0.4) is 0 Å². The molecule has 146 valence electrons. The van der Waals surface area contributed by atoms with E-state index in [4.69, 9.17) is 18.9 Å². The Morgan fingerprint density at radius 1 is 0.852 bits per heavy atom. The molecule has 2 aromatic carbocycles. The molecule has 0 aliphatic carbocycles. The molecule has 1 saturated heterocycles. The summed E-state index contributed by atoms with van der Waals surface area (Å²) in [7, 11) is 1.48. The first-order chi connectivity index (χ1) is 13.2. The molecule has 1 aliphatic heterocycles. The van der Waals surface area contributed by atoms with Crippen LogP contribution in [0.5, 0.6) is 0 Å². The van der Waals surface area contributed by atoms with Gasteiger partial charge in [-0.1, -0.05) is 60.7 Å². The minimum atomic E-state index is -1.35. The van der Waals surface area contributed by atoms with Gasteiger partial charge in [-0.2, -0.15) is 0 Å². The largest absolute Gasteiger partial charge is 0.385 e. The average molecular weight is 374 g/mol. The maximum atomic E-state index is 10.2. The van der Waals surface area contributed by atoms with Gasteiger partial charge in [0.05, 0.1) is 19.8 Å². The van der Waals surface area contributed by atoms with Gasteiger partial charge in [0, 0.05) is 7.11 Å². The summed E-state index contributed by atoms with van der Waals surface area (Å²) in [5, 5.41) is 20.2. The molecule has 0 bridgehead atoms. The highest BCUT2D eigenvalue weighted by molar-refractivity contribution is 5.14. The van der Waals surface area contributed by atoms with Gasteiger partial charge in [-0.3, -0.25) is 0 Å². The molecule has 2 N–H and O–H groups in total. The SMILES string of the molecule is COC1C(O)C(O)OC(COCc2ccccc2)C1OCc1ccccc1. The second kappa shape index (κ2) is 9.94. The van der Waals surface area contributed by atoms with Gasteiger partial charge in [0.2, 0.25) is 0 Å². The third-order valence-corrected chi connectivity index (χ3v) is 4.58. The molecule has 5 atom stereocenters. The first-order valence-corrected chi connectivity index (χ1v) is 9.00. The standard InChI is InChI=1S/C21H26O6/c1-24-20-18(22)21(23)27-17(14-25-12-15-8-4-2-5-9-15)19(20)26-13-16-10-6-3-7-11-16/h2-11,17-23H,12-14H2,1H3. The number of aliphatic hydroxyl groups is 2. The molecule has 5 unspecified atom stereocenters. The minimum absolute atomic E-state index is 0.206. The molecular formula is C21H26O6. The highest BCUT2D eigenvalue weighted by Gasteiger charge is 2.45. The predicted molar refractivity (Wildman–Crippen MR) is 98.8 cm³/mol. The van der Waals surface area contributed by atoms with Gasteiger partial charge in [-0.25, -0.2) is 0 Å². The van der Waals surface area contributed by atoms with Crippen LogP contribution >= 0.6 is 0 Å². The fraction of sp³-hybridized carbons (Fsp3) is 0.429. The maximum Gasteiger partial charge on any atom is 0.184 e. The Bertz CT molecular complexity index is 665. The number of methoxy groups -OCH3 is 1. The Hall–Kier alpha value is -1.80. The molecule has 3 rings (SSSR count). The molecule has 1 fully saturated rings. The Morgan fingerprint density at radius 3 is 2.04 bits per heavy atom. The van der Waals surface area contributed by atoms with E-state index in [9.17, 15) is 10.2 Å². The second-order valence-electron chi connectivity index (χ2n) is 6.52. The van der Waals surface area contributed by atoms with Crippen molar-refractivity contribution >= 4 is 0 Å². The van der Waals surface area contributed by atoms with Crippen LogP contribution in [-0.4, -0.2) is 54.6 Å². The zero-order valence-electron chi connectivity index (χ0n) is 15.3. The quantitative estimate of drug-likeness (QED) is 0.735. The lowest BCUT2D eigenvalue weighted by molar-refractivity contribution is -0.302. The Balaban J connectivity index is 1.63. The minimum Gasteiger partial charge on any atom is -0.385 e. The van der Waals surface area contributed by atoms with Crippen molar-refractivity contribution in [3.05, 3.63) is 71.8 Å². The summed E-state index contributed by atoms with van der Waals surface area (Å²) < 4.78 is 22.7. The Kier molecular flexibility index (Phi) is 7.34. The zero-order chi connectivity index (χ0) is 19.1. The van der Waals surface area contributed by atoms with E-state index in [-0.39, 0.29) is 6.61 Å². The predicted octanol–water partition coefficient (Wildman–Crippen LogP) is 1.88. The average Bonchev–Trinajstić information content (AvgIpc) is 2.71. The van der Waals surface area contributed by atoms with Crippen molar-refractivity contribution in [3.63, 3.8) is 0 Å². The van der Waals surface area contributed by atoms with Crippen molar-refractivity contribution in [1.82, 2.24) is 0 Å². The van der Waals surface area contributed by atoms with Crippen molar-refractivity contribution in [2.24, 2.45) is 0 Å². The van der Waals surface area contributed by atoms with E-state index in [1.807, 2.05) is 60.7 Å². The first kappa shape index (κ1) is 19.9. The molecule has 6 nitrogen and oxygen atoms in total. The highest BCUT2D eigenvalue weighted by Crippen LogP contribution is 2.26. The van der Waals surface area contributed by atoms with Crippen LogP contribution in [0.2, 0.25) is 0 Å². The van der Waals surface area contributed by atoms with Gasteiger partial charge in [0.1, 0.15) is 24.4 Å². The smallest absolute Gasteiger partial charge is 0.184 e. The number of hydrogen-bond donors (Lipinski definition) is 2. The van der Waals surface area contributed by atoms with Gasteiger partial charge >= 0.3 is 0 Å². The van der Waals surface area contributed by atoms with E-state index in [0.29, 0.717) is 13.2 Å². The van der Waals surface area contributed by atoms with Crippen LogP contribution < -0.4 is 0 Å². The van der Waals surface area contributed by atoms with Crippen molar-refractivity contribution in [2.45, 2.75) is 43.9 Å². The second-order valence-corrected chi connectivity index (χ2v) is 6.52. The van der Waals surface area contributed by atoms with Crippen LogP contribution in [0.4, 0.5) is 0 Å². The molecule has 0 radical (unpaired) electrons. The summed E-state index contributed by atoms with van der Waals surface area (Å²) in [6.07, 6.45) is -4.41.